The molecule has 0 saturated heterocycles. The van der Waals surface area contributed by atoms with Gasteiger partial charge in [-0.3, -0.25) is 4.79 Å². The molecule has 3 rings (SSSR count). The van der Waals surface area contributed by atoms with E-state index in [9.17, 15) is 4.79 Å². The normalized spacial score (nSPS) is 11.4. The molecule has 0 aliphatic carbocycles. The minimum absolute atomic E-state index is 0.0614. The molecule has 0 aliphatic heterocycles. The van der Waals surface area contributed by atoms with Crippen LogP contribution in [0.5, 0.6) is 5.75 Å². The lowest BCUT2D eigenvalue weighted by molar-refractivity contribution is -0.133. The average molecular weight is 422 g/mol. The van der Waals surface area contributed by atoms with Crippen LogP contribution in [0.25, 0.3) is 11.4 Å². The molecule has 164 valence electrons. The molecule has 6 heteroatoms. The largest absolute Gasteiger partial charge is 0.497 e. The van der Waals surface area contributed by atoms with Gasteiger partial charge < -0.3 is 14.2 Å². The van der Waals surface area contributed by atoms with Crippen LogP contribution in [0.15, 0.2) is 59.1 Å². The van der Waals surface area contributed by atoms with Gasteiger partial charge in [0.25, 0.3) is 0 Å². The van der Waals surface area contributed by atoms with E-state index in [4.69, 9.17) is 9.26 Å². The number of carbonyl (C=O) groups is 1. The highest BCUT2D eigenvalue weighted by molar-refractivity contribution is 5.76. The lowest BCUT2D eigenvalue weighted by atomic mass is 9.91. The third-order valence-electron chi connectivity index (χ3n) is 4.96. The van der Waals surface area contributed by atoms with Gasteiger partial charge in [-0.25, -0.2) is 0 Å². The van der Waals surface area contributed by atoms with Gasteiger partial charge >= 0.3 is 0 Å². The predicted octanol–water partition coefficient (Wildman–Crippen LogP) is 4.80. The van der Waals surface area contributed by atoms with Gasteiger partial charge in [0.2, 0.25) is 17.6 Å². The Hall–Kier alpha value is -3.15. The lowest BCUT2D eigenvalue weighted by Gasteiger charge is -2.26. The Balaban J connectivity index is 1.64. The number of rotatable bonds is 9. The van der Waals surface area contributed by atoms with E-state index in [0.29, 0.717) is 37.6 Å². The molecule has 0 unspecified atom stereocenters. The molecule has 0 fully saturated rings. The molecule has 2 aromatic carbocycles. The van der Waals surface area contributed by atoms with E-state index in [1.54, 1.807) is 7.11 Å². The molecule has 0 bridgehead atoms. The number of benzene rings is 2. The van der Waals surface area contributed by atoms with Gasteiger partial charge in [-0.2, -0.15) is 4.98 Å². The number of nitrogens with zero attached hydrogens (tertiary/aromatic N) is 3. The van der Waals surface area contributed by atoms with E-state index in [2.05, 4.69) is 43.0 Å². The Morgan fingerprint density at radius 2 is 1.68 bits per heavy atom. The Kier molecular flexibility index (Phi) is 7.45. The van der Waals surface area contributed by atoms with Crippen LogP contribution in [0, 0.1) is 5.41 Å². The molecular formula is C25H31N3O3. The minimum Gasteiger partial charge on any atom is -0.497 e. The summed E-state index contributed by atoms with van der Waals surface area (Å²) >= 11 is 0. The van der Waals surface area contributed by atoms with Crippen molar-refractivity contribution in [2.45, 2.75) is 40.0 Å². The molecule has 0 N–H and O–H groups in total. The number of aromatic nitrogens is 2. The summed E-state index contributed by atoms with van der Waals surface area (Å²) < 4.78 is 10.6. The van der Waals surface area contributed by atoms with Crippen molar-refractivity contribution in [3.8, 4) is 17.1 Å². The summed E-state index contributed by atoms with van der Waals surface area (Å²) in [5.41, 5.74) is 2.02. The maximum absolute atomic E-state index is 12.9. The number of methoxy groups -OCH3 is 1. The van der Waals surface area contributed by atoms with Gasteiger partial charge in [0, 0.05) is 31.5 Å². The zero-order valence-electron chi connectivity index (χ0n) is 18.8. The van der Waals surface area contributed by atoms with Crippen LogP contribution in [0.3, 0.4) is 0 Å². The van der Waals surface area contributed by atoms with Crippen LogP contribution >= 0.6 is 0 Å². The molecule has 0 saturated carbocycles. The van der Waals surface area contributed by atoms with Crippen LogP contribution in [-0.2, 0) is 17.6 Å². The first-order chi connectivity index (χ1) is 14.8. The van der Waals surface area contributed by atoms with Crippen LogP contribution in [0.1, 0.15) is 38.6 Å². The van der Waals surface area contributed by atoms with Crippen molar-refractivity contribution < 1.29 is 14.1 Å². The van der Waals surface area contributed by atoms with E-state index in [1.165, 1.54) is 5.56 Å². The number of hydrogen-bond acceptors (Lipinski definition) is 5. The first-order valence-corrected chi connectivity index (χ1v) is 10.6. The van der Waals surface area contributed by atoms with Crippen molar-refractivity contribution in [3.63, 3.8) is 0 Å². The minimum atomic E-state index is -0.0614. The van der Waals surface area contributed by atoms with Gasteiger partial charge in [0.05, 0.1) is 7.11 Å². The van der Waals surface area contributed by atoms with Crippen molar-refractivity contribution in [2.75, 3.05) is 20.2 Å². The second-order valence-corrected chi connectivity index (χ2v) is 8.84. The molecule has 1 aromatic heterocycles. The monoisotopic (exact) mass is 421 g/mol. The maximum atomic E-state index is 12.9. The van der Waals surface area contributed by atoms with E-state index in [-0.39, 0.29) is 11.3 Å². The topological polar surface area (TPSA) is 68.5 Å². The van der Waals surface area contributed by atoms with Crippen molar-refractivity contribution in [3.05, 3.63) is 66.1 Å². The molecular weight excluding hydrogens is 390 g/mol. The molecule has 0 atom stereocenters. The lowest BCUT2D eigenvalue weighted by Crippen LogP contribution is -2.36. The summed E-state index contributed by atoms with van der Waals surface area (Å²) in [7, 11) is 1.63. The highest BCUT2D eigenvalue weighted by atomic mass is 16.5. The quantitative estimate of drug-likeness (QED) is 0.497. The first-order valence-electron chi connectivity index (χ1n) is 10.6. The third kappa shape index (κ3) is 6.95. The zero-order valence-corrected chi connectivity index (χ0v) is 18.8. The zero-order chi connectivity index (χ0) is 22.3. The third-order valence-corrected chi connectivity index (χ3v) is 4.96. The molecule has 0 radical (unpaired) electrons. The van der Waals surface area contributed by atoms with Crippen molar-refractivity contribution in [1.29, 1.82) is 0 Å². The van der Waals surface area contributed by atoms with Gasteiger partial charge in [-0.1, -0.05) is 56.3 Å². The summed E-state index contributed by atoms with van der Waals surface area (Å²) in [5.74, 6) is 1.99. The molecule has 1 amide bonds. The standard InChI is InChI=1S/C25H31N3O3/c1-25(2,3)18-23(29)28(16-14-19-8-6-5-7-9-19)17-15-22-26-24(27-31-22)20-10-12-21(30-4)13-11-20/h5-13H,14-18H2,1-4H3. The highest BCUT2D eigenvalue weighted by Crippen LogP contribution is 2.21. The Morgan fingerprint density at radius 3 is 2.32 bits per heavy atom. The average Bonchev–Trinajstić information content (AvgIpc) is 3.22. The second-order valence-electron chi connectivity index (χ2n) is 8.84. The maximum Gasteiger partial charge on any atom is 0.228 e. The molecule has 6 nitrogen and oxygen atoms in total. The van der Waals surface area contributed by atoms with Crippen molar-refractivity contribution in [1.82, 2.24) is 15.0 Å². The number of carbonyl (C=O) groups excluding carboxylic acids is 1. The van der Waals surface area contributed by atoms with Crippen LogP contribution in [-0.4, -0.2) is 41.1 Å². The molecule has 3 aromatic rings. The van der Waals surface area contributed by atoms with Gasteiger partial charge in [-0.15, -0.1) is 0 Å². The second kappa shape index (κ2) is 10.2. The van der Waals surface area contributed by atoms with E-state index in [0.717, 1.165) is 17.7 Å². The summed E-state index contributed by atoms with van der Waals surface area (Å²) in [5, 5.41) is 4.09. The number of amides is 1. The van der Waals surface area contributed by atoms with E-state index < -0.39 is 0 Å². The molecule has 0 spiro atoms. The Labute approximate surface area is 184 Å². The summed E-state index contributed by atoms with van der Waals surface area (Å²) in [6.45, 7) is 7.46. The summed E-state index contributed by atoms with van der Waals surface area (Å²) in [6, 6.07) is 17.7. The van der Waals surface area contributed by atoms with Crippen LogP contribution in [0.4, 0.5) is 0 Å². The number of hydrogen-bond donors (Lipinski definition) is 0. The van der Waals surface area contributed by atoms with Crippen LogP contribution in [0.2, 0.25) is 0 Å². The number of ether oxygens (including phenoxy) is 1. The van der Waals surface area contributed by atoms with Crippen molar-refractivity contribution in [2.24, 2.45) is 5.41 Å². The summed E-state index contributed by atoms with van der Waals surface area (Å²) in [6.07, 6.45) is 1.84. The summed E-state index contributed by atoms with van der Waals surface area (Å²) in [4.78, 5) is 19.4. The van der Waals surface area contributed by atoms with E-state index >= 15 is 0 Å². The molecule has 31 heavy (non-hydrogen) atoms. The Morgan fingerprint density at radius 1 is 1.00 bits per heavy atom. The smallest absolute Gasteiger partial charge is 0.228 e. The van der Waals surface area contributed by atoms with E-state index in [1.807, 2.05) is 47.4 Å². The predicted molar refractivity (Wildman–Crippen MR) is 121 cm³/mol. The Bertz CT molecular complexity index is 960. The fourth-order valence-electron chi connectivity index (χ4n) is 3.28. The highest BCUT2D eigenvalue weighted by Gasteiger charge is 2.22. The molecule has 1 heterocycles. The van der Waals surface area contributed by atoms with Gasteiger partial charge in [-0.05, 0) is 41.7 Å². The first kappa shape index (κ1) is 22.5. The van der Waals surface area contributed by atoms with Gasteiger partial charge in [0.15, 0.2) is 0 Å². The van der Waals surface area contributed by atoms with Gasteiger partial charge in [0.1, 0.15) is 5.75 Å². The fraction of sp³-hybridized carbons (Fsp3) is 0.400. The fourth-order valence-corrected chi connectivity index (χ4v) is 3.28. The molecule has 0 aliphatic rings. The van der Waals surface area contributed by atoms with Crippen LogP contribution < -0.4 is 4.74 Å². The SMILES string of the molecule is COc1ccc(-c2noc(CCN(CCc3ccccc3)C(=O)CC(C)(C)C)n2)cc1. The van der Waals surface area contributed by atoms with Crippen molar-refractivity contribution >= 4 is 5.91 Å².